The number of methoxy groups -OCH3 is 1. The minimum atomic E-state index is -5.49. The van der Waals surface area contributed by atoms with Crippen molar-refractivity contribution in [3.8, 4) is 0 Å². The second kappa shape index (κ2) is 9.19. The summed E-state index contributed by atoms with van der Waals surface area (Å²) < 4.78 is 102. The van der Waals surface area contributed by atoms with Gasteiger partial charge in [0.2, 0.25) is 0 Å². The third-order valence-corrected chi connectivity index (χ3v) is 7.49. The molecule has 3 N–H and O–H groups in total. The van der Waals surface area contributed by atoms with E-state index in [1.54, 1.807) is 0 Å². The van der Waals surface area contributed by atoms with Crippen LogP contribution in [0.25, 0.3) is 11.3 Å². The molecule has 1 aliphatic heterocycles. The number of fused-ring (bicyclic) bond motifs is 1. The Labute approximate surface area is 200 Å². The molecule has 36 heavy (non-hydrogen) atoms. The number of rotatable bonds is 6. The molecule has 1 saturated heterocycles. The van der Waals surface area contributed by atoms with Crippen LogP contribution in [0.1, 0.15) is 32.2 Å². The average molecular weight is 528 g/mol. The Morgan fingerprint density at radius 1 is 1.08 bits per heavy atom. The van der Waals surface area contributed by atoms with Crippen LogP contribution in [0.15, 0.2) is 9.59 Å². The fourth-order valence-electron chi connectivity index (χ4n) is 5.55. The maximum Gasteiger partial charge on any atom is 0.400 e. The minimum absolute atomic E-state index is 0.00246. The lowest BCUT2D eigenvalue weighted by Gasteiger charge is -2.35. The molecule has 0 spiro atoms. The van der Waals surface area contributed by atoms with Crippen molar-refractivity contribution in [3.05, 3.63) is 31.4 Å². The number of aromatic amines is 1. The molecule has 4 rings (SSSR count). The molecule has 2 heterocycles. The molecule has 0 aromatic carbocycles. The van der Waals surface area contributed by atoms with Crippen LogP contribution in [0.4, 0.5) is 30.7 Å². The first-order chi connectivity index (χ1) is 16.7. The summed E-state index contributed by atoms with van der Waals surface area (Å²) in [5.74, 6) is -5.46. The van der Waals surface area contributed by atoms with Gasteiger partial charge in [0.05, 0.1) is 17.7 Å². The molecule has 1 saturated carbocycles. The van der Waals surface area contributed by atoms with Gasteiger partial charge in [-0.1, -0.05) is 0 Å². The summed E-state index contributed by atoms with van der Waals surface area (Å²) in [4.78, 5) is 28.9. The minimum Gasteiger partial charge on any atom is -0.497 e. The monoisotopic (exact) mass is 528 g/mol. The molecule has 4 atom stereocenters. The highest BCUT2D eigenvalue weighted by Crippen LogP contribution is 2.45. The number of nitrogens with two attached hydrogens (primary N) is 1. The highest BCUT2D eigenvalue weighted by Gasteiger charge is 2.58. The predicted octanol–water partition coefficient (Wildman–Crippen LogP) is 1.15. The Morgan fingerprint density at radius 2 is 1.67 bits per heavy atom. The quantitative estimate of drug-likeness (QED) is 0.541. The van der Waals surface area contributed by atoms with Crippen molar-refractivity contribution in [1.82, 2.24) is 14.5 Å². The van der Waals surface area contributed by atoms with E-state index < -0.39 is 60.0 Å². The van der Waals surface area contributed by atoms with Gasteiger partial charge >= 0.3 is 18.0 Å². The Bertz CT molecular complexity index is 1230. The molecular weight excluding hydrogens is 501 g/mol. The molecule has 1 aromatic heterocycles. The molecule has 14 heteroatoms. The van der Waals surface area contributed by atoms with Crippen LogP contribution in [0, 0.1) is 17.8 Å². The molecular formula is C22H27F7N4O3. The molecule has 3 aliphatic rings. The van der Waals surface area contributed by atoms with Crippen LogP contribution >= 0.6 is 0 Å². The smallest absolute Gasteiger partial charge is 0.400 e. The lowest BCUT2D eigenvalue weighted by atomic mass is 9.86. The molecule has 0 radical (unpaired) electrons. The van der Waals surface area contributed by atoms with Crippen molar-refractivity contribution in [2.75, 3.05) is 26.7 Å². The zero-order valence-electron chi connectivity index (χ0n) is 19.5. The maximum atomic E-state index is 15.8. The van der Waals surface area contributed by atoms with Crippen LogP contribution in [-0.4, -0.2) is 65.8 Å². The number of ether oxygens (including phenoxy) is 1. The van der Waals surface area contributed by atoms with Gasteiger partial charge in [-0.25, -0.2) is 9.18 Å². The molecule has 2 fully saturated rings. The summed E-state index contributed by atoms with van der Waals surface area (Å²) in [6.45, 7) is 0.821. The van der Waals surface area contributed by atoms with Gasteiger partial charge in [0.15, 0.2) is 5.92 Å². The maximum absolute atomic E-state index is 15.8. The molecule has 2 aliphatic carbocycles. The summed E-state index contributed by atoms with van der Waals surface area (Å²) in [5.41, 5.74) is 4.22. The standard InChI is InChI=1S/C22H27F7N4O3/c1-9-14-16(33(12-3-4-12)20(35)31-19(14)34)18(36-2)17(15(9)23)32-7-10(11(6-30)8-32)5-13(21(24,25)26)22(27,28)29/h10-13,15,17H,3-8,30H2,1-2H3,(H,31,34,35). The fraction of sp³-hybridized carbons (Fsp3) is 0.727. The van der Waals surface area contributed by atoms with Crippen molar-refractivity contribution in [3.63, 3.8) is 0 Å². The van der Waals surface area contributed by atoms with Gasteiger partial charge in [-0.15, -0.1) is 0 Å². The highest BCUT2D eigenvalue weighted by molar-refractivity contribution is 5.60. The molecule has 202 valence electrons. The highest BCUT2D eigenvalue weighted by atomic mass is 19.4. The Balaban J connectivity index is 1.79. The molecule has 4 unspecified atom stereocenters. The second-order valence-electron chi connectivity index (χ2n) is 9.76. The molecule has 0 bridgehead atoms. The number of hydrogen-bond acceptors (Lipinski definition) is 5. The first-order valence-corrected chi connectivity index (χ1v) is 11.6. The van der Waals surface area contributed by atoms with E-state index in [-0.39, 0.29) is 47.6 Å². The van der Waals surface area contributed by atoms with Crippen LogP contribution in [0.2, 0.25) is 0 Å². The van der Waals surface area contributed by atoms with E-state index in [1.165, 1.54) is 23.5 Å². The number of aromatic nitrogens is 2. The fourth-order valence-corrected chi connectivity index (χ4v) is 5.55. The first-order valence-electron chi connectivity index (χ1n) is 11.6. The summed E-state index contributed by atoms with van der Waals surface area (Å²) in [6.07, 6.45) is -12.8. The van der Waals surface area contributed by atoms with E-state index in [0.29, 0.717) is 12.8 Å². The molecule has 1 aromatic rings. The lowest BCUT2D eigenvalue weighted by Crippen LogP contribution is -2.62. The second-order valence-corrected chi connectivity index (χ2v) is 9.76. The van der Waals surface area contributed by atoms with E-state index in [2.05, 4.69) is 4.98 Å². The third kappa shape index (κ3) is 4.57. The summed E-state index contributed by atoms with van der Waals surface area (Å²) in [7, 11) is 1.22. The summed E-state index contributed by atoms with van der Waals surface area (Å²) in [6, 6.07) is -1.48. The average Bonchev–Trinajstić information content (AvgIpc) is 3.51. The van der Waals surface area contributed by atoms with Gasteiger partial charge in [0.1, 0.15) is 18.0 Å². The number of nitrogens with one attached hydrogen (secondary N) is 1. The van der Waals surface area contributed by atoms with Crippen molar-refractivity contribution < 1.29 is 35.5 Å². The largest absolute Gasteiger partial charge is 0.497 e. The van der Waals surface area contributed by atoms with Gasteiger partial charge in [-0.05, 0) is 50.1 Å². The number of likely N-dealkylation sites (tertiary alicyclic amines) is 1. The Kier molecular flexibility index (Phi) is 6.82. The van der Waals surface area contributed by atoms with Crippen LogP contribution in [-0.2, 0) is 4.74 Å². The van der Waals surface area contributed by atoms with E-state index in [4.69, 9.17) is 10.5 Å². The number of nitrogens with zero attached hydrogens (tertiary/aromatic N) is 2. The van der Waals surface area contributed by atoms with Crippen LogP contribution in [0.5, 0.6) is 0 Å². The van der Waals surface area contributed by atoms with Gasteiger partial charge in [0.25, 0.3) is 5.56 Å². The van der Waals surface area contributed by atoms with Gasteiger partial charge < -0.3 is 10.5 Å². The predicted molar refractivity (Wildman–Crippen MR) is 115 cm³/mol. The van der Waals surface area contributed by atoms with E-state index in [0.717, 1.165) is 0 Å². The van der Waals surface area contributed by atoms with Gasteiger partial charge in [-0.3, -0.25) is 19.2 Å². The number of H-pyrrole nitrogens is 1. The lowest BCUT2D eigenvalue weighted by molar-refractivity contribution is -0.288. The van der Waals surface area contributed by atoms with E-state index >= 15 is 4.39 Å². The third-order valence-electron chi connectivity index (χ3n) is 7.49. The van der Waals surface area contributed by atoms with Gasteiger partial charge in [-0.2, -0.15) is 26.3 Å². The number of alkyl halides is 7. The Hall–Kier alpha value is -2.35. The zero-order valence-corrected chi connectivity index (χ0v) is 19.5. The van der Waals surface area contributed by atoms with Crippen LogP contribution < -0.4 is 27.6 Å². The molecule has 0 amide bonds. The molecule has 7 nitrogen and oxygen atoms in total. The van der Waals surface area contributed by atoms with Crippen molar-refractivity contribution in [2.45, 2.75) is 56.8 Å². The van der Waals surface area contributed by atoms with E-state index in [9.17, 15) is 35.9 Å². The van der Waals surface area contributed by atoms with Crippen molar-refractivity contribution >= 4 is 11.3 Å². The SMILES string of the molecule is COC1=c2c(c(=O)[nH]c(=O)n2C2CC2)=C(C)C(F)C1N1CC(CN)C(CC(C(F)(F)F)C(F)(F)F)C1. The van der Waals surface area contributed by atoms with Crippen LogP contribution in [0.3, 0.4) is 0 Å². The van der Waals surface area contributed by atoms with Crippen molar-refractivity contribution in [2.24, 2.45) is 23.5 Å². The van der Waals surface area contributed by atoms with Crippen molar-refractivity contribution in [1.29, 1.82) is 0 Å². The number of hydrogen-bond donors (Lipinski definition) is 2. The van der Waals surface area contributed by atoms with E-state index in [1.807, 2.05) is 0 Å². The summed E-state index contributed by atoms with van der Waals surface area (Å²) in [5, 5.41) is 0.0452. The Morgan fingerprint density at radius 3 is 2.17 bits per heavy atom. The topological polar surface area (TPSA) is 93.3 Å². The normalized spacial score (nSPS) is 27.6. The first kappa shape index (κ1) is 26.7. The zero-order chi connectivity index (χ0) is 26.7. The van der Waals surface area contributed by atoms with Gasteiger partial charge in [0, 0.05) is 19.1 Å². The summed E-state index contributed by atoms with van der Waals surface area (Å²) >= 11 is 0. The number of halogens is 7.